The van der Waals surface area contributed by atoms with E-state index in [4.69, 9.17) is 0 Å². The average Bonchev–Trinajstić information content (AvgIpc) is 3.01. The van der Waals surface area contributed by atoms with E-state index in [0.717, 1.165) is 50.7 Å². The number of carbonyl (C=O) groups is 1. The van der Waals surface area contributed by atoms with E-state index in [-0.39, 0.29) is 0 Å². The van der Waals surface area contributed by atoms with Gasteiger partial charge >= 0.3 is 0 Å². The van der Waals surface area contributed by atoms with Crippen LogP contribution in [-0.4, -0.2) is 42.0 Å². The van der Waals surface area contributed by atoms with E-state index in [1.54, 1.807) is 11.3 Å². The topological polar surface area (TPSA) is 45.2 Å². The van der Waals surface area contributed by atoms with Crippen molar-refractivity contribution in [1.29, 1.82) is 0 Å². The maximum atomic E-state index is 12.2. The van der Waals surface area contributed by atoms with Gasteiger partial charge in [0.05, 0.1) is 15.2 Å². The highest BCUT2D eigenvalue weighted by atomic mass is 32.1. The number of para-hydroxylation sites is 1. The molecule has 0 atom stereocenters. The molecule has 1 aromatic heterocycles. The Bertz CT molecular complexity index is 614. The third kappa shape index (κ3) is 4.30. The van der Waals surface area contributed by atoms with Crippen LogP contribution in [0.25, 0.3) is 10.2 Å². The molecule has 1 N–H and O–H groups in total. The first-order valence-corrected chi connectivity index (χ1v) is 9.37. The second-order valence-electron chi connectivity index (χ2n) is 6.23. The second kappa shape index (κ2) is 7.88. The Labute approximate surface area is 141 Å². The van der Waals surface area contributed by atoms with Crippen molar-refractivity contribution in [3.63, 3.8) is 0 Å². The molecule has 1 aromatic carbocycles. The summed E-state index contributed by atoms with van der Waals surface area (Å²) >= 11 is 1.77. The summed E-state index contributed by atoms with van der Waals surface area (Å²) in [6.45, 7) is 1.81. The number of piperidine rings is 1. The minimum atomic E-state index is 0.323. The highest BCUT2D eigenvalue weighted by molar-refractivity contribution is 7.18. The molecule has 0 aliphatic carbocycles. The van der Waals surface area contributed by atoms with E-state index in [1.165, 1.54) is 9.71 Å². The zero-order chi connectivity index (χ0) is 16.1. The lowest BCUT2D eigenvalue weighted by Crippen LogP contribution is -2.43. The van der Waals surface area contributed by atoms with E-state index >= 15 is 0 Å². The number of carbonyl (C=O) groups excluding carboxylic acids is 1. The van der Waals surface area contributed by atoms with Crippen molar-refractivity contribution in [1.82, 2.24) is 15.2 Å². The zero-order valence-electron chi connectivity index (χ0n) is 13.8. The summed E-state index contributed by atoms with van der Waals surface area (Å²) in [6.07, 6.45) is 5.81. The minimum Gasteiger partial charge on any atom is -0.343 e. The number of rotatable bonds is 6. The minimum absolute atomic E-state index is 0.323. The van der Waals surface area contributed by atoms with Gasteiger partial charge in [-0.3, -0.25) is 4.79 Å². The van der Waals surface area contributed by atoms with Gasteiger partial charge in [-0.05, 0) is 51.3 Å². The maximum Gasteiger partial charge on any atom is 0.222 e. The molecule has 124 valence electrons. The molecule has 2 heterocycles. The first-order chi connectivity index (χ1) is 11.3. The number of likely N-dealkylation sites (tertiary alicyclic amines) is 1. The number of unbranched alkanes of at least 4 members (excludes halogenated alkanes) is 1. The molecule has 4 nitrogen and oxygen atoms in total. The van der Waals surface area contributed by atoms with Gasteiger partial charge in [-0.1, -0.05) is 12.1 Å². The van der Waals surface area contributed by atoms with Crippen molar-refractivity contribution >= 4 is 27.5 Å². The van der Waals surface area contributed by atoms with Crippen molar-refractivity contribution in [3.05, 3.63) is 29.3 Å². The maximum absolute atomic E-state index is 12.2. The SMILES string of the molecule is CNC1CCN(C(=O)CCCCc2nc3ccccc3s2)CC1. The quantitative estimate of drug-likeness (QED) is 0.827. The first-order valence-electron chi connectivity index (χ1n) is 8.56. The molecular formula is C18H25N3OS. The fourth-order valence-electron chi connectivity index (χ4n) is 3.15. The fourth-order valence-corrected chi connectivity index (χ4v) is 4.16. The molecule has 0 bridgehead atoms. The number of aromatic nitrogens is 1. The molecule has 1 aliphatic rings. The highest BCUT2D eigenvalue weighted by Crippen LogP contribution is 2.23. The van der Waals surface area contributed by atoms with E-state index in [1.807, 2.05) is 18.0 Å². The van der Waals surface area contributed by atoms with Crippen molar-refractivity contribution in [2.45, 2.75) is 44.6 Å². The average molecular weight is 331 g/mol. The summed E-state index contributed by atoms with van der Waals surface area (Å²) in [7, 11) is 2.00. The number of nitrogens with zero attached hydrogens (tertiary/aromatic N) is 2. The van der Waals surface area contributed by atoms with Crippen LogP contribution in [0.2, 0.25) is 0 Å². The van der Waals surface area contributed by atoms with Gasteiger partial charge in [0.2, 0.25) is 5.91 Å². The summed E-state index contributed by atoms with van der Waals surface area (Å²) in [5, 5.41) is 4.49. The molecule has 1 fully saturated rings. The second-order valence-corrected chi connectivity index (χ2v) is 7.34. The molecule has 0 saturated carbocycles. The van der Waals surface area contributed by atoms with Gasteiger partial charge in [0.25, 0.3) is 0 Å². The monoisotopic (exact) mass is 331 g/mol. The molecule has 2 aromatic rings. The molecule has 1 saturated heterocycles. The lowest BCUT2D eigenvalue weighted by Gasteiger charge is -2.31. The third-order valence-electron chi connectivity index (χ3n) is 4.63. The highest BCUT2D eigenvalue weighted by Gasteiger charge is 2.21. The van der Waals surface area contributed by atoms with Gasteiger partial charge in [0, 0.05) is 25.6 Å². The van der Waals surface area contributed by atoms with Crippen molar-refractivity contribution in [2.75, 3.05) is 20.1 Å². The van der Waals surface area contributed by atoms with Crippen LogP contribution in [0.1, 0.15) is 37.1 Å². The van der Waals surface area contributed by atoms with Gasteiger partial charge in [0.15, 0.2) is 0 Å². The number of hydrogen-bond donors (Lipinski definition) is 1. The van der Waals surface area contributed by atoms with Crippen LogP contribution < -0.4 is 5.32 Å². The number of benzene rings is 1. The van der Waals surface area contributed by atoms with Gasteiger partial charge in [0.1, 0.15) is 0 Å². The predicted molar refractivity (Wildman–Crippen MR) is 95.8 cm³/mol. The molecule has 23 heavy (non-hydrogen) atoms. The van der Waals surface area contributed by atoms with Crippen LogP contribution in [0.3, 0.4) is 0 Å². The van der Waals surface area contributed by atoms with E-state index < -0.39 is 0 Å². The van der Waals surface area contributed by atoms with Gasteiger partial charge in [-0.15, -0.1) is 11.3 Å². The Morgan fingerprint density at radius 3 is 2.83 bits per heavy atom. The van der Waals surface area contributed by atoms with Crippen LogP contribution >= 0.6 is 11.3 Å². The molecule has 0 radical (unpaired) electrons. The predicted octanol–water partition coefficient (Wildman–Crippen LogP) is 3.22. The molecule has 0 spiro atoms. The number of thiazole rings is 1. The summed E-state index contributed by atoms with van der Waals surface area (Å²) in [5.74, 6) is 0.323. The molecule has 0 unspecified atom stereocenters. The Hall–Kier alpha value is -1.46. The van der Waals surface area contributed by atoms with Crippen molar-refractivity contribution < 1.29 is 4.79 Å². The molecule has 5 heteroatoms. The van der Waals surface area contributed by atoms with Gasteiger partial charge in [-0.25, -0.2) is 4.98 Å². The van der Waals surface area contributed by atoms with Crippen molar-refractivity contribution in [2.24, 2.45) is 0 Å². The van der Waals surface area contributed by atoms with Crippen LogP contribution in [0.15, 0.2) is 24.3 Å². The van der Waals surface area contributed by atoms with Crippen molar-refractivity contribution in [3.8, 4) is 0 Å². The molecule has 1 aliphatic heterocycles. The first kappa shape index (κ1) is 16.4. The van der Waals surface area contributed by atoms with Gasteiger partial charge in [-0.2, -0.15) is 0 Å². The number of hydrogen-bond acceptors (Lipinski definition) is 4. The normalized spacial score (nSPS) is 16.1. The van der Waals surface area contributed by atoms with E-state index in [0.29, 0.717) is 18.4 Å². The number of amides is 1. The summed E-state index contributed by atoms with van der Waals surface area (Å²) < 4.78 is 1.26. The fraction of sp³-hybridized carbons (Fsp3) is 0.556. The van der Waals surface area contributed by atoms with E-state index in [9.17, 15) is 4.79 Å². The lowest BCUT2D eigenvalue weighted by atomic mass is 10.0. The van der Waals surface area contributed by atoms with Crippen LogP contribution in [0, 0.1) is 0 Å². The van der Waals surface area contributed by atoms with Gasteiger partial charge < -0.3 is 10.2 Å². The Balaban J connectivity index is 1.38. The Kier molecular flexibility index (Phi) is 5.62. The lowest BCUT2D eigenvalue weighted by molar-refractivity contribution is -0.132. The zero-order valence-corrected chi connectivity index (χ0v) is 14.6. The van der Waals surface area contributed by atoms with Crippen LogP contribution in [0.5, 0.6) is 0 Å². The van der Waals surface area contributed by atoms with Crippen LogP contribution in [0.4, 0.5) is 0 Å². The summed E-state index contributed by atoms with van der Waals surface area (Å²) in [6, 6.07) is 8.85. The third-order valence-corrected chi connectivity index (χ3v) is 5.72. The number of nitrogens with one attached hydrogen (secondary N) is 1. The molecule has 3 rings (SSSR count). The number of fused-ring (bicyclic) bond motifs is 1. The summed E-state index contributed by atoms with van der Waals surface area (Å²) in [4.78, 5) is 18.9. The summed E-state index contributed by atoms with van der Waals surface area (Å²) in [5.41, 5.74) is 1.09. The standard InChI is InChI=1S/C18H25N3OS/c1-19-14-10-12-21(13-11-14)18(22)9-5-4-8-17-20-15-6-2-3-7-16(15)23-17/h2-3,6-7,14,19H,4-5,8-13H2,1H3. The Morgan fingerprint density at radius 2 is 2.09 bits per heavy atom. The van der Waals surface area contributed by atoms with Crippen LogP contribution in [-0.2, 0) is 11.2 Å². The largest absolute Gasteiger partial charge is 0.343 e. The molecular weight excluding hydrogens is 306 g/mol. The van der Waals surface area contributed by atoms with E-state index in [2.05, 4.69) is 28.5 Å². The number of aryl methyl sites for hydroxylation is 1. The smallest absolute Gasteiger partial charge is 0.222 e. The molecule has 1 amide bonds. The Morgan fingerprint density at radius 1 is 1.30 bits per heavy atom.